The van der Waals surface area contributed by atoms with Crippen LogP contribution in [0.4, 0.5) is 0 Å². The van der Waals surface area contributed by atoms with Crippen LogP contribution in [-0.4, -0.2) is 41.0 Å². The summed E-state index contributed by atoms with van der Waals surface area (Å²) in [6.07, 6.45) is 0.165. The van der Waals surface area contributed by atoms with Crippen molar-refractivity contribution in [1.29, 1.82) is 0 Å². The molecule has 14 heavy (non-hydrogen) atoms. The molecular weight excluding hydrogens is 184 g/mol. The monoisotopic (exact) mass is 202 g/mol. The molecule has 0 radical (unpaired) electrons. The lowest BCUT2D eigenvalue weighted by molar-refractivity contribution is -0.135. The SMILES string of the molecule is CCN(CC(N)=O)C(=O)CCC(C)O. The van der Waals surface area contributed by atoms with Gasteiger partial charge in [-0.1, -0.05) is 0 Å². The zero-order valence-corrected chi connectivity index (χ0v) is 8.69. The van der Waals surface area contributed by atoms with Crippen LogP contribution in [0, 0.1) is 0 Å². The predicted molar refractivity (Wildman–Crippen MR) is 52.4 cm³/mol. The Morgan fingerprint density at radius 1 is 1.50 bits per heavy atom. The number of hydrogen-bond donors (Lipinski definition) is 2. The molecule has 0 aliphatic heterocycles. The van der Waals surface area contributed by atoms with E-state index in [2.05, 4.69) is 0 Å². The molecule has 0 saturated carbocycles. The molecule has 0 rings (SSSR count). The smallest absolute Gasteiger partial charge is 0.237 e. The Morgan fingerprint density at radius 2 is 2.07 bits per heavy atom. The van der Waals surface area contributed by atoms with E-state index in [-0.39, 0.29) is 18.9 Å². The maximum atomic E-state index is 11.4. The van der Waals surface area contributed by atoms with Gasteiger partial charge in [-0.3, -0.25) is 9.59 Å². The lowest BCUT2D eigenvalue weighted by atomic mass is 10.2. The number of likely N-dealkylation sites (N-methyl/N-ethyl adjacent to an activating group) is 1. The van der Waals surface area contributed by atoms with E-state index in [4.69, 9.17) is 10.8 Å². The number of nitrogens with zero attached hydrogens (tertiary/aromatic N) is 1. The summed E-state index contributed by atoms with van der Waals surface area (Å²) in [4.78, 5) is 23.4. The van der Waals surface area contributed by atoms with Crippen LogP contribution >= 0.6 is 0 Å². The van der Waals surface area contributed by atoms with Crippen molar-refractivity contribution in [2.75, 3.05) is 13.1 Å². The largest absolute Gasteiger partial charge is 0.393 e. The maximum Gasteiger partial charge on any atom is 0.237 e. The Kier molecular flexibility index (Phi) is 5.87. The first-order valence-corrected chi connectivity index (χ1v) is 4.71. The van der Waals surface area contributed by atoms with Crippen LogP contribution < -0.4 is 5.73 Å². The van der Waals surface area contributed by atoms with Crippen LogP contribution in [-0.2, 0) is 9.59 Å². The highest BCUT2D eigenvalue weighted by atomic mass is 16.3. The third-order valence-electron chi connectivity index (χ3n) is 1.86. The van der Waals surface area contributed by atoms with Crippen molar-refractivity contribution in [2.24, 2.45) is 5.73 Å². The Hall–Kier alpha value is -1.10. The Labute approximate surface area is 83.9 Å². The Balaban J connectivity index is 3.98. The van der Waals surface area contributed by atoms with Gasteiger partial charge in [-0.2, -0.15) is 0 Å². The summed E-state index contributed by atoms with van der Waals surface area (Å²) in [6, 6.07) is 0. The fraction of sp³-hybridized carbons (Fsp3) is 0.778. The standard InChI is InChI=1S/C9H18N2O3/c1-3-11(6-8(10)13)9(14)5-4-7(2)12/h7,12H,3-6H2,1-2H3,(H2,10,13). The maximum absolute atomic E-state index is 11.4. The average Bonchev–Trinajstić information content (AvgIpc) is 2.09. The highest BCUT2D eigenvalue weighted by Gasteiger charge is 2.13. The molecule has 5 nitrogen and oxygen atoms in total. The molecule has 2 amide bonds. The van der Waals surface area contributed by atoms with Gasteiger partial charge in [0, 0.05) is 13.0 Å². The van der Waals surface area contributed by atoms with E-state index in [1.165, 1.54) is 4.90 Å². The van der Waals surface area contributed by atoms with E-state index in [9.17, 15) is 9.59 Å². The molecular formula is C9H18N2O3. The lowest BCUT2D eigenvalue weighted by Gasteiger charge is -2.19. The summed E-state index contributed by atoms with van der Waals surface area (Å²) in [5.41, 5.74) is 4.98. The van der Waals surface area contributed by atoms with Gasteiger partial charge in [0.25, 0.3) is 0 Å². The first kappa shape index (κ1) is 12.9. The molecule has 1 unspecified atom stereocenters. The molecule has 0 aromatic heterocycles. The molecule has 3 N–H and O–H groups in total. The van der Waals surface area contributed by atoms with Gasteiger partial charge in [0.05, 0.1) is 12.6 Å². The van der Waals surface area contributed by atoms with Crippen LogP contribution in [0.1, 0.15) is 26.7 Å². The van der Waals surface area contributed by atoms with E-state index in [0.29, 0.717) is 13.0 Å². The number of carbonyl (C=O) groups is 2. The van der Waals surface area contributed by atoms with E-state index < -0.39 is 12.0 Å². The van der Waals surface area contributed by atoms with Gasteiger partial charge in [0.15, 0.2) is 0 Å². The van der Waals surface area contributed by atoms with Crippen LogP contribution in [0.5, 0.6) is 0 Å². The highest BCUT2D eigenvalue weighted by Crippen LogP contribution is 2.00. The molecule has 0 aliphatic carbocycles. The minimum Gasteiger partial charge on any atom is -0.393 e. The summed E-state index contributed by atoms with van der Waals surface area (Å²) < 4.78 is 0. The third-order valence-corrected chi connectivity index (χ3v) is 1.86. The van der Waals surface area contributed by atoms with Crippen LogP contribution in [0.2, 0.25) is 0 Å². The summed E-state index contributed by atoms with van der Waals surface area (Å²) >= 11 is 0. The molecule has 5 heteroatoms. The summed E-state index contributed by atoms with van der Waals surface area (Å²) in [6.45, 7) is 3.82. The predicted octanol–water partition coefficient (Wildman–Crippen LogP) is -0.519. The molecule has 1 atom stereocenters. The van der Waals surface area contributed by atoms with E-state index >= 15 is 0 Å². The summed E-state index contributed by atoms with van der Waals surface area (Å²) in [7, 11) is 0. The van der Waals surface area contributed by atoms with Crippen LogP contribution in [0.3, 0.4) is 0 Å². The summed E-state index contributed by atoms with van der Waals surface area (Å²) in [5.74, 6) is -0.663. The second-order valence-corrected chi connectivity index (χ2v) is 3.26. The number of rotatable bonds is 6. The molecule has 0 bridgehead atoms. The zero-order valence-electron chi connectivity index (χ0n) is 8.69. The average molecular weight is 202 g/mol. The van der Waals surface area contributed by atoms with Crippen LogP contribution in [0.25, 0.3) is 0 Å². The summed E-state index contributed by atoms with van der Waals surface area (Å²) in [5, 5.41) is 8.98. The first-order chi connectivity index (χ1) is 6.47. The van der Waals surface area contributed by atoms with Crippen molar-refractivity contribution in [1.82, 2.24) is 4.90 Å². The number of carbonyl (C=O) groups excluding carboxylic acids is 2. The molecule has 0 spiro atoms. The second kappa shape index (κ2) is 6.37. The Bertz CT molecular complexity index is 204. The van der Waals surface area contributed by atoms with Crippen molar-refractivity contribution < 1.29 is 14.7 Å². The van der Waals surface area contributed by atoms with Crippen molar-refractivity contribution in [2.45, 2.75) is 32.8 Å². The van der Waals surface area contributed by atoms with Gasteiger partial charge in [-0.05, 0) is 20.3 Å². The number of nitrogens with two attached hydrogens (primary N) is 1. The van der Waals surface area contributed by atoms with Crippen molar-refractivity contribution in [3.8, 4) is 0 Å². The van der Waals surface area contributed by atoms with Gasteiger partial charge in [0.2, 0.25) is 11.8 Å². The van der Waals surface area contributed by atoms with E-state index in [1.54, 1.807) is 13.8 Å². The van der Waals surface area contributed by atoms with Gasteiger partial charge >= 0.3 is 0 Å². The fourth-order valence-corrected chi connectivity index (χ4v) is 1.05. The zero-order chi connectivity index (χ0) is 11.1. The van der Waals surface area contributed by atoms with Gasteiger partial charge in [-0.15, -0.1) is 0 Å². The number of hydrogen-bond acceptors (Lipinski definition) is 3. The topological polar surface area (TPSA) is 83.6 Å². The van der Waals surface area contributed by atoms with Gasteiger partial charge in [0.1, 0.15) is 0 Å². The molecule has 0 heterocycles. The second-order valence-electron chi connectivity index (χ2n) is 3.26. The van der Waals surface area contributed by atoms with Gasteiger partial charge in [-0.25, -0.2) is 0 Å². The normalized spacial score (nSPS) is 12.2. The molecule has 82 valence electrons. The molecule has 0 aliphatic rings. The van der Waals surface area contributed by atoms with Gasteiger partial charge < -0.3 is 15.7 Å². The number of aliphatic hydroxyl groups excluding tert-OH is 1. The molecule has 0 saturated heterocycles. The van der Waals surface area contributed by atoms with E-state index in [0.717, 1.165) is 0 Å². The number of primary amides is 1. The molecule has 0 fully saturated rings. The quantitative estimate of drug-likeness (QED) is 0.608. The minimum atomic E-state index is -0.516. The molecule has 0 aromatic carbocycles. The third kappa shape index (κ3) is 5.53. The number of aliphatic hydroxyl groups is 1. The fourth-order valence-electron chi connectivity index (χ4n) is 1.05. The van der Waals surface area contributed by atoms with Crippen LogP contribution in [0.15, 0.2) is 0 Å². The number of amides is 2. The Morgan fingerprint density at radius 3 is 2.43 bits per heavy atom. The lowest BCUT2D eigenvalue weighted by Crippen LogP contribution is -2.38. The first-order valence-electron chi connectivity index (χ1n) is 4.71. The minimum absolute atomic E-state index is 0.0465. The van der Waals surface area contributed by atoms with Crippen molar-refractivity contribution in [3.05, 3.63) is 0 Å². The van der Waals surface area contributed by atoms with Crippen molar-refractivity contribution >= 4 is 11.8 Å². The van der Waals surface area contributed by atoms with E-state index in [1.807, 2.05) is 0 Å². The molecule has 0 aromatic rings. The highest BCUT2D eigenvalue weighted by molar-refractivity contribution is 5.83. The van der Waals surface area contributed by atoms with Crippen molar-refractivity contribution in [3.63, 3.8) is 0 Å².